The molecule has 140 valence electrons. The summed E-state index contributed by atoms with van der Waals surface area (Å²) >= 11 is 0. The van der Waals surface area contributed by atoms with E-state index in [1.165, 1.54) is 31.5 Å². The van der Waals surface area contributed by atoms with E-state index in [0.717, 1.165) is 11.6 Å². The Morgan fingerprint density at radius 2 is 1.93 bits per heavy atom. The van der Waals surface area contributed by atoms with E-state index in [2.05, 4.69) is 15.8 Å². The molecule has 8 heteroatoms. The van der Waals surface area contributed by atoms with E-state index >= 15 is 0 Å². The highest BCUT2D eigenvalue weighted by Crippen LogP contribution is 2.20. The summed E-state index contributed by atoms with van der Waals surface area (Å²) in [6.45, 7) is -0.270. The Labute approximate surface area is 155 Å². The van der Waals surface area contributed by atoms with Crippen LogP contribution in [0.2, 0.25) is 0 Å². The first-order valence-corrected chi connectivity index (χ1v) is 7.92. The van der Waals surface area contributed by atoms with Crippen LogP contribution in [0.15, 0.2) is 53.6 Å². The van der Waals surface area contributed by atoms with Gasteiger partial charge in [0, 0.05) is 23.3 Å². The van der Waals surface area contributed by atoms with Crippen molar-refractivity contribution in [2.45, 2.75) is 0 Å². The van der Waals surface area contributed by atoms with Crippen molar-refractivity contribution in [1.82, 2.24) is 10.7 Å². The second-order valence-corrected chi connectivity index (χ2v) is 5.33. The Hall–Kier alpha value is -3.81. The molecule has 0 radical (unpaired) electrons. The van der Waals surface area contributed by atoms with Crippen LogP contribution in [0.5, 0.6) is 17.2 Å². The minimum atomic E-state index is -0.538. The highest BCUT2D eigenvalue weighted by atomic mass is 16.5. The number of carbonyl (C=O) groups is 2. The van der Waals surface area contributed by atoms with E-state index in [1.54, 1.807) is 18.2 Å². The van der Waals surface area contributed by atoms with Crippen molar-refractivity contribution in [3.63, 3.8) is 0 Å². The maximum absolute atomic E-state index is 11.8. The summed E-state index contributed by atoms with van der Waals surface area (Å²) in [5, 5.41) is 24.9. The number of benzene rings is 2. The first kappa shape index (κ1) is 19.5. The second kappa shape index (κ2) is 9.62. The molecular formula is C19H19N3O5. The Kier molecular flexibility index (Phi) is 6.95. The first-order chi connectivity index (χ1) is 13.0. The summed E-state index contributed by atoms with van der Waals surface area (Å²) < 4.78 is 5.18. The fourth-order valence-corrected chi connectivity index (χ4v) is 2.05. The van der Waals surface area contributed by atoms with Gasteiger partial charge in [-0.15, -0.1) is 0 Å². The van der Waals surface area contributed by atoms with E-state index in [9.17, 15) is 19.8 Å². The van der Waals surface area contributed by atoms with Crippen LogP contribution in [-0.4, -0.2) is 41.9 Å². The lowest BCUT2D eigenvalue weighted by Crippen LogP contribution is -2.34. The Bertz CT molecular complexity index is 877. The Morgan fingerprint density at radius 3 is 2.67 bits per heavy atom. The molecule has 27 heavy (non-hydrogen) atoms. The summed E-state index contributed by atoms with van der Waals surface area (Å²) in [5.74, 6) is -0.619. The van der Waals surface area contributed by atoms with Crippen LogP contribution in [0.3, 0.4) is 0 Å². The number of ether oxygens (including phenoxy) is 1. The van der Waals surface area contributed by atoms with E-state index in [4.69, 9.17) is 4.74 Å². The third kappa shape index (κ3) is 6.20. The predicted octanol–water partition coefficient (Wildman–Crippen LogP) is 1.39. The van der Waals surface area contributed by atoms with Gasteiger partial charge in [0.25, 0.3) is 5.91 Å². The third-order valence-corrected chi connectivity index (χ3v) is 3.38. The van der Waals surface area contributed by atoms with Gasteiger partial charge in [-0.05, 0) is 24.3 Å². The zero-order valence-corrected chi connectivity index (χ0v) is 14.5. The van der Waals surface area contributed by atoms with Crippen LogP contribution in [0.25, 0.3) is 6.08 Å². The maximum Gasteiger partial charge on any atom is 0.259 e. The number of hydrogen-bond acceptors (Lipinski definition) is 6. The fourth-order valence-electron chi connectivity index (χ4n) is 2.05. The fraction of sp³-hybridized carbons (Fsp3) is 0.105. The molecule has 0 saturated heterocycles. The van der Waals surface area contributed by atoms with Crippen LogP contribution in [0, 0.1) is 0 Å². The van der Waals surface area contributed by atoms with Crippen molar-refractivity contribution in [2.75, 3.05) is 13.7 Å². The van der Waals surface area contributed by atoms with Gasteiger partial charge >= 0.3 is 0 Å². The summed E-state index contributed by atoms with van der Waals surface area (Å²) in [7, 11) is 1.54. The van der Waals surface area contributed by atoms with Crippen LogP contribution in [-0.2, 0) is 9.59 Å². The zero-order chi connectivity index (χ0) is 19.6. The molecule has 0 aliphatic heterocycles. The largest absolute Gasteiger partial charge is 0.508 e. The number of methoxy groups -OCH3 is 1. The quantitative estimate of drug-likeness (QED) is 0.334. The van der Waals surface area contributed by atoms with Crippen molar-refractivity contribution in [3.05, 3.63) is 59.7 Å². The van der Waals surface area contributed by atoms with Gasteiger partial charge in [0.05, 0.1) is 19.9 Å². The van der Waals surface area contributed by atoms with Gasteiger partial charge in [-0.2, -0.15) is 5.10 Å². The number of phenols is 2. The molecule has 8 nitrogen and oxygen atoms in total. The highest BCUT2D eigenvalue weighted by molar-refractivity contribution is 5.94. The molecule has 2 aromatic carbocycles. The molecule has 0 spiro atoms. The number of hydrogen-bond donors (Lipinski definition) is 4. The van der Waals surface area contributed by atoms with Gasteiger partial charge in [0.1, 0.15) is 17.2 Å². The zero-order valence-electron chi connectivity index (χ0n) is 14.5. The average Bonchev–Trinajstić information content (AvgIpc) is 2.66. The lowest BCUT2D eigenvalue weighted by molar-refractivity contribution is -0.123. The van der Waals surface area contributed by atoms with Gasteiger partial charge in [-0.3, -0.25) is 9.59 Å². The molecule has 0 aliphatic carbocycles. The topological polar surface area (TPSA) is 120 Å². The molecule has 0 bridgehead atoms. The minimum Gasteiger partial charge on any atom is -0.508 e. The first-order valence-electron chi connectivity index (χ1n) is 7.92. The Morgan fingerprint density at radius 1 is 1.15 bits per heavy atom. The average molecular weight is 369 g/mol. The molecule has 0 aliphatic rings. The van der Waals surface area contributed by atoms with Crippen LogP contribution >= 0.6 is 0 Å². The van der Waals surface area contributed by atoms with Gasteiger partial charge in [0.15, 0.2) is 0 Å². The number of nitrogens with zero attached hydrogens (tertiary/aromatic N) is 1. The Balaban J connectivity index is 1.80. The predicted molar refractivity (Wildman–Crippen MR) is 101 cm³/mol. The molecule has 2 aromatic rings. The summed E-state index contributed by atoms with van der Waals surface area (Å²) in [6.07, 6.45) is 4.09. The number of rotatable bonds is 7. The second-order valence-electron chi connectivity index (χ2n) is 5.33. The number of carbonyl (C=O) groups excluding carboxylic acids is 2. The number of nitrogens with one attached hydrogen (secondary N) is 2. The molecule has 0 aromatic heterocycles. The van der Waals surface area contributed by atoms with E-state index in [1.807, 2.05) is 12.1 Å². The molecule has 0 atom stereocenters. The normalized spacial score (nSPS) is 10.9. The lowest BCUT2D eigenvalue weighted by atomic mass is 10.2. The standard InChI is InChI=1S/C19H19N3O5/c1-27-17-5-3-2-4-13(17)7-9-18(25)20-12-19(26)22-21-11-14-6-8-15(23)10-16(14)24/h2-11,23-24H,12H2,1H3,(H,20,25)(H,22,26)/b9-7?,21-11+. The molecule has 0 fully saturated rings. The molecule has 0 heterocycles. The molecule has 4 N–H and O–H groups in total. The SMILES string of the molecule is COc1ccccc1C=CC(=O)NCC(=O)N/N=C/c1ccc(O)cc1O. The number of hydrazone groups is 1. The minimum absolute atomic E-state index is 0.0856. The van der Waals surface area contributed by atoms with Crippen molar-refractivity contribution in [3.8, 4) is 17.2 Å². The van der Waals surface area contributed by atoms with Gasteiger partial charge < -0.3 is 20.3 Å². The maximum atomic E-state index is 11.8. The molecular weight excluding hydrogens is 350 g/mol. The number of aromatic hydroxyl groups is 2. The van der Waals surface area contributed by atoms with Gasteiger partial charge in [-0.1, -0.05) is 18.2 Å². The van der Waals surface area contributed by atoms with E-state index in [0.29, 0.717) is 11.3 Å². The van der Waals surface area contributed by atoms with Gasteiger partial charge in [-0.25, -0.2) is 5.43 Å². The van der Waals surface area contributed by atoms with E-state index < -0.39 is 11.8 Å². The smallest absolute Gasteiger partial charge is 0.259 e. The number of amides is 2. The monoisotopic (exact) mass is 369 g/mol. The van der Waals surface area contributed by atoms with Crippen LogP contribution in [0.4, 0.5) is 0 Å². The third-order valence-electron chi connectivity index (χ3n) is 3.38. The van der Waals surface area contributed by atoms with Crippen LogP contribution in [0.1, 0.15) is 11.1 Å². The van der Waals surface area contributed by atoms with Crippen molar-refractivity contribution in [2.24, 2.45) is 5.10 Å². The highest BCUT2D eigenvalue weighted by Gasteiger charge is 2.04. The van der Waals surface area contributed by atoms with Crippen LogP contribution < -0.4 is 15.5 Å². The lowest BCUT2D eigenvalue weighted by Gasteiger charge is -2.04. The van der Waals surface area contributed by atoms with E-state index in [-0.39, 0.29) is 18.0 Å². The molecule has 2 rings (SSSR count). The summed E-state index contributed by atoms with van der Waals surface area (Å²) in [6, 6.07) is 11.2. The van der Waals surface area contributed by atoms with Crippen molar-refractivity contribution < 1.29 is 24.5 Å². The summed E-state index contributed by atoms with van der Waals surface area (Å²) in [4.78, 5) is 23.4. The number of para-hydroxylation sites is 1. The summed E-state index contributed by atoms with van der Waals surface area (Å²) in [5.41, 5.74) is 3.27. The molecule has 0 unspecified atom stereocenters. The number of phenolic OH excluding ortho intramolecular Hbond substituents is 2. The van der Waals surface area contributed by atoms with Gasteiger partial charge in [0.2, 0.25) is 5.91 Å². The molecule has 0 saturated carbocycles. The van der Waals surface area contributed by atoms with Crippen molar-refractivity contribution >= 4 is 24.1 Å². The van der Waals surface area contributed by atoms with Crippen molar-refractivity contribution in [1.29, 1.82) is 0 Å². The molecule has 2 amide bonds.